The van der Waals surface area contributed by atoms with Gasteiger partial charge < -0.3 is 16.0 Å². The predicted molar refractivity (Wildman–Crippen MR) is 105 cm³/mol. The Morgan fingerprint density at radius 3 is 2.39 bits per heavy atom. The maximum absolute atomic E-state index is 11.7. The molecule has 6 heteroatoms. The molecule has 1 aromatic carbocycles. The lowest BCUT2D eigenvalue weighted by Crippen LogP contribution is -2.42. The average Bonchev–Trinajstić information content (AvgIpc) is 3.05. The fourth-order valence-corrected chi connectivity index (χ4v) is 2.35. The van der Waals surface area contributed by atoms with Gasteiger partial charge in [0.25, 0.3) is 5.91 Å². The fourth-order valence-electron chi connectivity index (χ4n) is 2.35. The first-order valence-corrected chi connectivity index (χ1v) is 7.72. The highest BCUT2D eigenvalue weighted by Gasteiger charge is 2.11. The average molecular weight is 428 g/mol. The maximum Gasteiger partial charge on any atom is 0.251 e. The van der Waals surface area contributed by atoms with Crippen molar-refractivity contribution < 1.29 is 4.79 Å². The van der Waals surface area contributed by atoms with Crippen LogP contribution in [0.2, 0.25) is 0 Å². The molecule has 0 unspecified atom stereocenters. The van der Waals surface area contributed by atoms with Crippen LogP contribution in [0.1, 0.15) is 35.7 Å². The van der Waals surface area contributed by atoms with Gasteiger partial charge in [0.1, 0.15) is 0 Å². The Hall–Kier alpha value is -1.57. The summed E-state index contributed by atoms with van der Waals surface area (Å²) in [5, 5.41) is 9.48. The minimum Gasteiger partial charge on any atom is -0.353 e. The molecule has 0 heterocycles. The van der Waals surface area contributed by atoms with Crippen LogP contribution in [0, 0.1) is 0 Å². The summed E-state index contributed by atoms with van der Waals surface area (Å²) in [5.74, 6) is 0.773. The Kier molecular flexibility index (Phi) is 8.68. The van der Waals surface area contributed by atoms with Gasteiger partial charge in [0.2, 0.25) is 0 Å². The van der Waals surface area contributed by atoms with Crippen molar-refractivity contribution in [2.45, 2.75) is 32.4 Å². The second-order valence-corrected chi connectivity index (χ2v) is 5.27. The molecule has 0 aliphatic heterocycles. The number of hydrogen-bond donors (Lipinski definition) is 3. The Morgan fingerprint density at radius 2 is 1.83 bits per heavy atom. The standard InChI is InChI=1S/C17H24N4O.HI/c1-3-19-16(22)14-10-8-13(9-11-14)12-20-17(18-2)21-15-6-4-5-7-15;/h4-5,8-11,15H,3,6-7,12H2,1-2H3,(H,19,22)(H2,18,20,21);1H. The smallest absolute Gasteiger partial charge is 0.251 e. The van der Waals surface area contributed by atoms with Crippen molar-refractivity contribution in [2.75, 3.05) is 13.6 Å². The van der Waals surface area contributed by atoms with E-state index in [0.29, 0.717) is 24.7 Å². The largest absolute Gasteiger partial charge is 0.353 e. The summed E-state index contributed by atoms with van der Waals surface area (Å²) in [4.78, 5) is 15.9. The Bertz CT molecular complexity index is 546. The minimum atomic E-state index is -0.0341. The van der Waals surface area contributed by atoms with Gasteiger partial charge in [-0.05, 0) is 37.5 Å². The Balaban J connectivity index is 0.00000264. The van der Waals surface area contributed by atoms with Gasteiger partial charge in [-0.15, -0.1) is 24.0 Å². The molecule has 0 spiro atoms. The van der Waals surface area contributed by atoms with Crippen molar-refractivity contribution in [2.24, 2.45) is 4.99 Å². The zero-order valence-electron chi connectivity index (χ0n) is 13.6. The van der Waals surface area contributed by atoms with Crippen molar-refractivity contribution in [1.82, 2.24) is 16.0 Å². The fraction of sp³-hybridized carbons (Fsp3) is 0.412. The molecule has 1 aliphatic carbocycles. The summed E-state index contributed by atoms with van der Waals surface area (Å²) in [7, 11) is 1.77. The van der Waals surface area contributed by atoms with Gasteiger partial charge in [-0.3, -0.25) is 9.79 Å². The quantitative estimate of drug-likeness (QED) is 0.292. The van der Waals surface area contributed by atoms with Crippen LogP contribution in [0.4, 0.5) is 0 Å². The van der Waals surface area contributed by atoms with Crippen LogP contribution >= 0.6 is 24.0 Å². The lowest BCUT2D eigenvalue weighted by molar-refractivity contribution is 0.0956. The highest BCUT2D eigenvalue weighted by molar-refractivity contribution is 14.0. The Morgan fingerprint density at radius 1 is 1.17 bits per heavy atom. The molecule has 23 heavy (non-hydrogen) atoms. The van der Waals surface area contributed by atoms with Crippen LogP contribution in [-0.2, 0) is 6.54 Å². The topological polar surface area (TPSA) is 65.5 Å². The van der Waals surface area contributed by atoms with E-state index < -0.39 is 0 Å². The zero-order valence-corrected chi connectivity index (χ0v) is 16.0. The summed E-state index contributed by atoms with van der Waals surface area (Å²) < 4.78 is 0. The maximum atomic E-state index is 11.7. The van der Waals surface area contributed by atoms with E-state index >= 15 is 0 Å². The van der Waals surface area contributed by atoms with Gasteiger partial charge in [0.15, 0.2) is 5.96 Å². The number of benzene rings is 1. The molecule has 1 aliphatic rings. The van der Waals surface area contributed by atoms with E-state index in [1.54, 1.807) is 7.05 Å². The lowest BCUT2D eigenvalue weighted by Gasteiger charge is -2.17. The summed E-state index contributed by atoms with van der Waals surface area (Å²) >= 11 is 0. The van der Waals surface area contributed by atoms with E-state index in [-0.39, 0.29) is 29.9 Å². The molecule has 0 saturated heterocycles. The molecular formula is C17H25IN4O. The van der Waals surface area contributed by atoms with Crippen molar-refractivity contribution in [3.05, 3.63) is 47.5 Å². The molecule has 1 amide bonds. The number of carbonyl (C=O) groups excluding carboxylic acids is 1. The van der Waals surface area contributed by atoms with Crippen molar-refractivity contribution in [1.29, 1.82) is 0 Å². The van der Waals surface area contributed by atoms with E-state index in [1.807, 2.05) is 31.2 Å². The third-order valence-electron chi connectivity index (χ3n) is 3.59. The van der Waals surface area contributed by atoms with Gasteiger partial charge in [-0.2, -0.15) is 0 Å². The molecule has 0 radical (unpaired) electrons. The third kappa shape index (κ3) is 6.21. The molecule has 1 aromatic rings. The molecule has 0 saturated carbocycles. The molecule has 3 N–H and O–H groups in total. The predicted octanol–water partition coefficient (Wildman–Crippen LogP) is 2.44. The highest BCUT2D eigenvalue weighted by Crippen LogP contribution is 2.09. The Labute approximate surface area is 155 Å². The molecule has 2 rings (SSSR count). The van der Waals surface area contributed by atoms with Crippen molar-refractivity contribution >= 4 is 35.8 Å². The van der Waals surface area contributed by atoms with Gasteiger partial charge >= 0.3 is 0 Å². The van der Waals surface area contributed by atoms with E-state index in [0.717, 1.165) is 24.4 Å². The third-order valence-corrected chi connectivity index (χ3v) is 3.59. The number of nitrogens with zero attached hydrogens (tertiary/aromatic N) is 1. The number of rotatable bonds is 5. The van der Waals surface area contributed by atoms with Crippen molar-refractivity contribution in [3.8, 4) is 0 Å². The number of hydrogen-bond acceptors (Lipinski definition) is 2. The van der Waals surface area contributed by atoms with Gasteiger partial charge in [0.05, 0.1) is 0 Å². The molecule has 0 bridgehead atoms. The number of aliphatic imine (C=N–C) groups is 1. The molecule has 5 nitrogen and oxygen atoms in total. The summed E-state index contributed by atoms with van der Waals surface area (Å²) in [5.41, 5.74) is 1.80. The van der Waals surface area contributed by atoms with Gasteiger partial charge in [-0.25, -0.2) is 0 Å². The first-order valence-electron chi connectivity index (χ1n) is 7.72. The monoisotopic (exact) mass is 428 g/mol. The molecular weight excluding hydrogens is 403 g/mol. The number of halogens is 1. The highest BCUT2D eigenvalue weighted by atomic mass is 127. The molecule has 0 fully saturated rings. The minimum absolute atomic E-state index is 0. The number of guanidine groups is 1. The van der Waals surface area contributed by atoms with Gasteiger partial charge in [0, 0.05) is 31.7 Å². The number of amides is 1. The first-order chi connectivity index (χ1) is 10.7. The molecule has 0 atom stereocenters. The SMILES string of the molecule is CCNC(=O)c1ccc(CNC(=NC)NC2CC=CC2)cc1.I. The van der Waals surface area contributed by atoms with Crippen LogP contribution in [0.25, 0.3) is 0 Å². The van der Waals surface area contributed by atoms with Gasteiger partial charge in [-0.1, -0.05) is 24.3 Å². The molecule has 0 aromatic heterocycles. The molecule has 126 valence electrons. The van der Waals surface area contributed by atoms with Crippen LogP contribution < -0.4 is 16.0 Å². The normalized spacial score (nSPS) is 14.3. The van der Waals surface area contributed by atoms with E-state index in [1.165, 1.54) is 0 Å². The van der Waals surface area contributed by atoms with Crippen molar-refractivity contribution in [3.63, 3.8) is 0 Å². The lowest BCUT2D eigenvalue weighted by atomic mass is 10.1. The van der Waals surface area contributed by atoms with E-state index in [9.17, 15) is 4.79 Å². The van der Waals surface area contributed by atoms with E-state index in [4.69, 9.17) is 0 Å². The zero-order chi connectivity index (χ0) is 15.8. The summed E-state index contributed by atoms with van der Waals surface area (Å²) in [6, 6.07) is 8.05. The number of carbonyl (C=O) groups is 1. The van der Waals surface area contributed by atoms with E-state index in [2.05, 4.69) is 33.1 Å². The number of nitrogens with one attached hydrogen (secondary N) is 3. The summed E-state index contributed by atoms with van der Waals surface area (Å²) in [6.07, 6.45) is 6.46. The van der Waals surface area contributed by atoms with Crippen LogP contribution in [0.5, 0.6) is 0 Å². The second-order valence-electron chi connectivity index (χ2n) is 5.27. The van der Waals surface area contributed by atoms with Crippen LogP contribution in [0.15, 0.2) is 41.4 Å². The second kappa shape index (κ2) is 10.3. The first kappa shape index (κ1) is 19.5. The summed E-state index contributed by atoms with van der Waals surface area (Å²) in [6.45, 7) is 3.23. The van der Waals surface area contributed by atoms with Crippen LogP contribution in [0.3, 0.4) is 0 Å². The van der Waals surface area contributed by atoms with Crippen LogP contribution in [-0.4, -0.2) is 31.5 Å².